The van der Waals surface area contributed by atoms with Crippen LogP contribution in [0.2, 0.25) is 10.0 Å². The second-order valence-corrected chi connectivity index (χ2v) is 8.08. The fourth-order valence-electron chi connectivity index (χ4n) is 3.23. The molecule has 0 aliphatic carbocycles. The van der Waals surface area contributed by atoms with Gasteiger partial charge >= 0.3 is 0 Å². The fraction of sp³-hybridized carbons (Fsp3) is 0.381. The summed E-state index contributed by atoms with van der Waals surface area (Å²) in [7, 11) is 2.10. The molecule has 1 unspecified atom stereocenters. The van der Waals surface area contributed by atoms with Crippen LogP contribution in [-0.4, -0.2) is 61.0 Å². The van der Waals surface area contributed by atoms with Crippen molar-refractivity contribution in [3.63, 3.8) is 0 Å². The lowest BCUT2D eigenvalue weighted by atomic mass is 10.2. The molecule has 3 rings (SSSR count). The predicted molar refractivity (Wildman–Crippen MR) is 119 cm³/mol. The normalized spacial score (nSPS) is 15.5. The van der Waals surface area contributed by atoms with Gasteiger partial charge in [0, 0.05) is 44.5 Å². The lowest BCUT2D eigenvalue weighted by Crippen LogP contribution is -2.46. The molecule has 2 aromatic rings. The van der Waals surface area contributed by atoms with Crippen LogP contribution in [0.1, 0.15) is 22.8 Å². The van der Waals surface area contributed by atoms with E-state index in [0.29, 0.717) is 6.54 Å². The van der Waals surface area contributed by atoms with Gasteiger partial charge in [-0.25, -0.2) is 4.98 Å². The first-order valence-electron chi connectivity index (χ1n) is 9.76. The van der Waals surface area contributed by atoms with E-state index in [9.17, 15) is 9.59 Å². The molecule has 160 valence electrons. The summed E-state index contributed by atoms with van der Waals surface area (Å²) in [5.74, 6) is 0.132. The molecule has 0 bridgehead atoms. The number of nitrogens with zero attached hydrogens (tertiary/aromatic N) is 3. The lowest BCUT2D eigenvalue weighted by Gasteiger charge is -2.34. The molecule has 1 fully saturated rings. The van der Waals surface area contributed by atoms with Crippen molar-refractivity contribution < 1.29 is 9.59 Å². The number of benzene rings is 1. The fourth-order valence-corrected chi connectivity index (χ4v) is 3.61. The predicted octanol–water partition coefficient (Wildman–Crippen LogP) is 2.57. The topological polar surface area (TPSA) is 77.6 Å². The number of anilines is 1. The zero-order valence-electron chi connectivity index (χ0n) is 17.0. The summed E-state index contributed by atoms with van der Waals surface area (Å²) in [6.45, 7) is 5.67. The van der Waals surface area contributed by atoms with Crippen molar-refractivity contribution >= 4 is 40.8 Å². The van der Waals surface area contributed by atoms with Gasteiger partial charge in [-0.3, -0.25) is 9.59 Å². The van der Waals surface area contributed by atoms with Gasteiger partial charge in [-0.05, 0) is 32.2 Å². The largest absolute Gasteiger partial charge is 0.354 e. The van der Waals surface area contributed by atoms with E-state index in [-0.39, 0.29) is 21.5 Å². The maximum absolute atomic E-state index is 12.5. The molecule has 1 aromatic carbocycles. The van der Waals surface area contributed by atoms with Crippen molar-refractivity contribution in [3.05, 3.63) is 57.7 Å². The van der Waals surface area contributed by atoms with Gasteiger partial charge in [0.05, 0.1) is 15.6 Å². The second-order valence-electron chi connectivity index (χ2n) is 7.29. The number of hydrogen-bond acceptors (Lipinski definition) is 5. The molecule has 1 aliphatic heterocycles. The van der Waals surface area contributed by atoms with E-state index in [4.69, 9.17) is 23.2 Å². The third kappa shape index (κ3) is 5.41. The van der Waals surface area contributed by atoms with E-state index < -0.39 is 11.9 Å². The zero-order chi connectivity index (χ0) is 21.7. The molecule has 1 aliphatic rings. The Kier molecular flexibility index (Phi) is 7.53. The number of nitrogens with one attached hydrogen (secondary N) is 2. The van der Waals surface area contributed by atoms with Crippen molar-refractivity contribution in [2.24, 2.45) is 0 Å². The van der Waals surface area contributed by atoms with Gasteiger partial charge in [0.2, 0.25) is 5.91 Å². The molecule has 2 heterocycles. The Hall–Kier alpha value is -2.35. The molecule has 0 spiro atoms. The minimum absolute atomic E-state index is 0.163. The van der Waals surface area contributed by atoms with Gasteiger partial charge in [0.1, 0.15) is 11.9 Å². The van der Waals surface area contributed by atoms with Gasteiger partial charge in [-0.2, -0.15) is 0 Å². The van der Waals surface area contributed by atoms with E-state index >= 15 is 0 Å². The number of amides is 2. The highest BCUT2D eigenvalue weighted by Gasteiger charge is 2.21. The quantitative estimate of drug-likeness (QED) is 0.708. The highest BCUT2D eigenvalue weighted by atomic mass is 35.5. The lowest BCUT2D eigenvalue weighted by molar-refractivity contribution is -0.122. The van der Waals surface area contributed by atoms with E-state index in [2.05, 4.69) is 32.5 Å². The summed E-state index contributed by atoms with van der Waals surface area (Å²) < 4.78 is 0. The molecule has 1 saturated heterocycles. The number of likely N-dealkylation sites (N-methyl/N-ethyl adjacent to an activating group) is 1. The monoisotopic (exact) mass is 449 g/mol. The Bertz CT molecular complexity index is 916. The number of hydrogen-bond donors (Lipinski definition) is 2. The standard InChI is InChI=1S/C21H25Cl2N5O2/c1-14(26-21(30)16-6-3-7-17(22)18(16)23)20(29)25-13-15-5-4-8-24-19(15)28-11-9-27(2)10-12-28/h3-8,14H,9-13H2,1-2H3,(H,25,29)(H,26,30). The number of carbonyl (C=O) groups excluding carboxylic acids is 2. The first-order valence-corrected chi connectivity index (χ1v) is 10.5. The van der Waals surface area contributed by atoms with Crippen LogP contribution in [0, 0.1) is 0 Å². The number of piperazine rings is 1. The number of carbonyl (C=O) groups is 2. The van der Waals surface area contributed by atoms with Crippen LogP contribution in [0.3, 0.4) is 0 Å². The number of aromatic nitrogens is 1. The van der Waals surface area contributed by atoms with E-state index in [1.807, 2.05) is 12.1 Å². The Balaban J connectivity index is 1.59. The molecule has 7 nitrogen and oxygen atoms in total. The van der Waals surface area contributed by atoms with Crippen molar-refractivity contribution in [3.8, 4) is 0 Å². The maximum atomic E-state index is 12.5. The van der Waals surface area contributed by atoms with Gasteiger partial charge in [0.25, 0.3) is 5.91 Å². The average molecular weight is 450 g/mol. The summed E-state index contributed by atoms with van der Waals surface area (Å²) >= 11 is 12.0. The Morgan fingerprint density at radius 3 is 2.60 bits per heavy atom. The van der Waals surface area contributed by atoms with Gasteiger partial charge in [0.15, 0.2) is 0 Å². The summed E-state index contributed by atoms with van der Waals surface area (Å²) in [6, 6.07) is 7.87. The van der Waals surface area contributed by atoms with Crippen LogP contribution in [0.15, 0.2) is 36.5 Å². The summed E-state index contributed by atoms with van der Waals surface area (Å²) in [5.41, 5.74) is 1.17. The minimum atomic E-state index is -0.740. The van der Waals surface area contributed by atoms with Crippen LogP contribution in [0.5, 0.6) is 0 Å². The van der Waals surface area contributed by atoms with Gasteiger partial charge in [-0.15, -0.1) is 0 Å². The maximum Gasteiger partial charge on any atom is 0.253 e. The molecule has 2 amide bonds. The Morgan fingerprint density at radius 2 is 1.87 bits per heavy atom. The van der Waals surface area contributed by atoms with Crippen LogP contribution in [0.4, 0.5) is 5.82 Å². The number of halogens is 2. The van der Waals surface area contributed by atoms with Crippen LogP contribution >= 0.6 is 23.2 Å². The summed E-state index contributed by atoms with van der Waals surface area (Å²) in [6.07, 6.45) is 1.76. The first kappa shape index (κ1) is 22.3. The summed E-state index contributed by atoms with van der Waals surface area (Å²) in [4.78, 5) is 34.0. The molecular formula is C21H25Cl2N5O2. The average Bonchev–Trinajstić information content (AvgIpc) is 2.74. The molecule has 1 atom stereocenters. The van der Waals surface area contributed by atoms with Gasteiger partial charge in [-0.1, -0.05) is 35.3 Å². The van der Waals surface area contributed by atoms with Crippen molar-refractivity contribution in [2.75, 3.05) is 38.1 Å². The van der Waals surface area contributed by atoms with Crippen LogP contribution in [0.25, 0.3) is 0 Å². The minimum Gasteiger partial charge on any atom is -0.354 e. The third-order valence-corrected chi connectivity index (χ3v) is 5.88. The second kappa shape index (κ2) is 10.1. The SMILES string of the molecule is CC(NC(=O)c1cccc(Cl)c1Cl)C(=O)NCc1cccnc1N1CCN(C)CC1. The smallest absolute Gasteiger partial charge is 0.253 e. The van der Waals surface area contributed by atoms with Crippen molar-refractivity contribution in [2.45, 2.75) is 19.5 Å². The summed E-state index contributed by atoms with van der Waals surface area (Å²) in [5, 5.41) is 5.99. The van der Waals surface area contributed by atoms with Crippen LogP contribution in [-0.2, 0) is 11.3 Å². The van der Waals surface area contributed by atoms with Gasteiger partial charge < -0.3 is 20.4 Å². The molecular weight excluding hydrogens is 425 g/mol. The van der Waals surface area contributed by atoms with E-state index in [1.54, 1.807) is 31.3 Å². The third-order valence-electron chi connectivity index (χ3n) is 5.06. The highest BCUT2D eigenvalue weighted by molar-refractivity contribution is 6.43. The Morgan fingerprint density at radius 1 is 1.13 bits per heavy atom. The van der Waals surface area contributed by atoms with Crippen molar-refractivity contribution in [1.29, 1.82) is 0 Å². The molecule has 1 aromatic heterocycles. The molecule has 30 heavy (non-hydrogen) atoms. The molecule has 0 radical (unpaired) electrons. The number of pyridine rings is 1. The Labute approximate surface area is 186 Å². The van der Waals surface area contributed by atoms with E-state index in [0.717, 1.165) is 37.6 Å². The number of rotatable bonds is 6. The zero-order valence-corrected chi connectivity index (χ0v) is 18.5. The first-order chi connectivity index (χ1) is 14.4. The van der Waals surface area contributed by atoms with E-state index in [1.165, 1.54) is 0 Å². The van der Waals surface area contributed by atoms with Crippen LogP contribution < -0.4 is 15.5 Å². The molecule has 0 saturated carbocycles. The molecule has 2 N–H and O–H groups in total. The highest BCUT2D eigenvalue weighted by Crippen LogP contribution is 2.25. The van der Waals surface area contributed by atoms with Crippen molar-refractivity contribution in [1.82, 2.24) is 20.5 Å². The molecule has 9 heteroatoms.